The molecular weight excluding hydrogens is 372 g/mol. The summed E-state index contributed by atoms with van der Waals surface area (Å²) in [6, 6.07) is 16.9. The van der Waals surface area contributed by atoms with Crippen LogP contribution >= 0.6 is 11.6 Å². The van der Waals surface area contributed by atoms with E-state index in [-0.39, 0.29) is 5.91 Å². The first-order valence-electron chi connectivity index (χ1n) is 8.93. The molecule has 1 amide bonds. The van der Waals surface area contributed by atoms with E-state index in [2.05, 4.69) is 15.5 Å². The van der Waals surface area contributed by atoms with Crippen molar-refractivity contribution < 1.29 is 4.79 Å². The SMILES string of the molecule is Cc1ccc(C(=O)Nc2ccc3nn(-c4ccc(C)c(Cl)c4)nc3c2)c(C)c1. The summed E-state index contributed by atoms with van der Waals surface area (Å²) < 4.78 is 0. The lowest BCUT2D eigenvalue weighted by Gasteiger charge is -2.08. The number of hydrogen-bond donors (Lipinski definition) is 1. The number of anilines is 1. The van der Waals surface area contributed by atoms with E-state index < -0.39 is 0 Å². The van der Waals surface area contributed by atoms with Gasteiger partial charge in [-0.3, -0.25) is 4.79 Å². The van der Waals surface area contributed by atoms with Gasteiger partial charge >= 0.3 is 0 Å². The summed E-state index contributed by atoms with van der Waals surface area (Å²) in [6.45, 7) is 5.89. The normalized spacial score (nSPS) is 11.0. The van der Waals surface area contributed by atoms with Crippen LogP contribution in [0.4, 0.5) is 5.69 Å². The maximum Gasteiger partial charge on any atom is 0.255 e. The summed E-state index contributed by atoms with van der Waals surface area (Å²) in [7, 11) is 0. The molecule has 0 spiro atoms. The van der Waals surface area contributed by atoms with E-state index in [0.29, 0.717) is 21.8 Å². The molecule has 0 bridgehead atoms. The van der Waals surface area contributed by atoms with Gasteiger partial charge in [-0.2, -0.15) is 4.80 Å². The molecule has 0 fully saturated rings. The van der Waals surface area contributed by atoms with Crippen molar-refractivity contribution in [2.45, 2.75) is 20.8 Å². The number of halogens is 1. The number of carbonyl (C=O) groups is 1. The third-order valence-electron chi connectivity index (χ3n) is 4.65. The van der Waals surface area contributed by atoms with Crippen molar-refractivity contribution in [3.8, 4) is 5.69 Å². The maximum atomic E-state index is 12.6. The highest BCUT2D eigenvalue weighted by atomic mass is 35.5. The van der Waals surface area contributed by atoms with Crippen molar-refractivity contribution in [2.75, 3.05) is 5.32 Å². The van der Waals surface area contributed by atoms with Crippen molar-refractivity contribution >= 4 is 34.2 Å². The molecule has 1 heterocycles. The second-order valence-electron chi connectivity index (χ2n) is 6.90. The molecule has 0 unspecified atom stereocenters. The molecule has 0 aliphatic carbocycles. The molecule has 3 aromatic carbocycles. The number of benzene rings is 3. The quantitative estimate of drug-likeness (QED) is 0.519. The minimum Gasteiger partial charge on any atom is -0.322 e. The summed E-state index contributed by atoms with van der Waals surface area (Å²) in [5, 5.41) is 12.6. The number of amides is 1. The Labute approximate surface area is 167 Å². The average molecular weight is 391 g/mol. The van der Waals surface area contributed by atoms with Crippen LogP contribution in [0.3, 0.4) is 0 Å². The van der Waals surface area contributed by atoms with Crippen molar-refractivity contribution in [2.24, 2.45) is 0 Å². The summed E-state index contributed by atoms with van der Waals surface area (Å²) >= 11 is 6.21. The Bertz CT molecular complexity index is 1210. The third kappa shape index (κ3) is 3.49. The van der Waals surface area contributed by atoms with Crippen molar-refractivity contribution in [3.05, 3.63) is 81.9 Å². The van der Waals surface area contributed by atoms with Gasteiger partial charge in [0.15, 0.2) is 0 Å². The van der Waals surface area contributed by atoms with E-state index in [4.69, 9.17) is 11.6 Å². The first kappa shape index (κ1) is 18.2. The second kappa shape index (κ2) is 7.09. The van der Waals surface area contributed by atoms with E-state index in [0.717, 1.165) is 27.9 Å². The van der Waals surface area contributed by atoms with Gasteiger partial charge in [-0.25, -0.2) is 0 Å². The van der Waals surface area contributed by atoms with Crippen LogP contribution in [0.1, 0.15) is 27.0 Å². The molecule has 6 heteroatoms. The molecule has 0 atom stereocenters. The summed E-state index contributed by atoms with van der Waals surface area (Å²) in [4.78, 5) is 14.2. The average Bonchev–Trinajstić information content (AvgIpc) is 3.07. The lowest BCUT2D eigenvalue weighted by Crippen LogP contribution is -2.13. The van der Waals surface area contributed by atoms with Gasteiger partial charge in [-0.1, -0.05) is 35.4 Å². The van der Waals surface area contributed by atoms with Gasteiger partial charge in [0, 0.05) is 16.3 Å². The van der Waals surface area contributed by atoms with Gasteiger partial charge in [0.1, 0.15) is 11.0 Å². The summed E-state index contributed by atoms with van der Waals surface area (Å²) in [5.41, 5.74) is 6.61. The van der Waals surface area contributed by atoms with E-state index in [9.17, 15) is 4.79 Å². The summed E-state index contributed by atoms with van der Waals surface area (Å²) in [6.07, 6.45) is 0. The van der Waals surface area contributed by atoms with Crippen molar-refractivity contribution in [1.29, 1.82) is 0 Å². The number of aryl methyl sites for hydroxylation is 3. The molecule has 0 aliphatic heterocycles. The zero-order valence-corrected chi connectivity index (χ0v) is 16.6. The van der Waals surface area contributed by atoms with E-state index >= 15 is 0 Å². The predicted molar refractivity (Wildman–Crippen MR) is 112 cm³/mol. The fraction of sp³-hybridized carbons (Fsp3) is 0.136. The lowest BCUT2D eigenvalue weighted by atomic mass is 10.1. The van der Waals surface area contributed by atoms with Crippen molar-refractivity contribution in [1.82, 2.24) is 15.0 Å². The van der Waals surface area contributed by atoms with Gasteiger partial charge in [-0.05, 0) is 68.3 Å². The topological polar surface area (TPSA) is 59.8 Å². The Morgan fingerprint density at radius 3 is 2.43 bits per heavy atom. The highest BCUT2D eigenvalue weighted by Crippen LogP contribution is 2.22. The maximum absolute atomic E-state index is 12.6. The lowest BCUT2D eigenvalue weighted by molar-refractivity contribution is 0.102. The fourth-order valence-electron chi connectivity index (χ4n) is 3.08. The first-order valence-corrected chi connectivity index (χ1v) is 9.31. The Kier molecular flexibility index (Phi) is 4.61. The van der Waals surface area contributed by atoms with Gasteiger partial charge in [0.05, 0.1) is 5.69 Å². The molecule has 4 rings (SSSR count). The smallest absolute Gasteiger partial charge is 0.255 e. The van der Waals surface area contributed by atoms with E-state index in [1.807, 2.05) is 75.4 Å². The van der Waals surface area contributed by atoms with Crippen LogP contribution in [0, 0.1) is 20.8 Å². The predicted octanol–water partition coefficient (Wildman–Crippen LogP) is 5.25. The minimum absolute atomic E-state index is 0.144. The van der Waals surface area contributed by atoms with Gasteiger partial charge in [0.2, 0.25) is 0 Å². The van der Waals surface area contributed by atoms with Gasteiger partial charge in [-0.15, -0.1) is 10.2 Å². The van der Waals surface area contributed by atoms with Crippen LogP contribution in [-0.2, 0) is 0 Å². The molecule has 1 N–H and O–H groups in total. The second-order valence-corrected chi connectivity index (χ2v) is 7.31. The number of nitrogens with one attached hydrogen (secondary N) is 1. The van der Waals surface area contributed by atoms with E-state index in [1.54, 1.807) is 4.80 Å². The third-order valence-corrected chi connectivity index (χ3v) is 5.06. The Morgan fingerprint density at radius 1 is 0.893 bits per heavy atom. The van der Waals surface area contributed by atoms with Crippen LogP contribution in [0.5, 0.6) is 0 Å². The Morgan fingerprint density at radius 2 is 1.68 bits per heavy atom. The standard InChI is InChI=1S/C22H19ClN4O/c1-13-4-8-18(15(3)10-13)22(28)24-16-6-9-20-21(11-16)26-27(25-20)17-7-5-14(2)19(23)12-17/h4-12H,1-3H3,(H,24,28). The minimum atomic E-state index is -0.144. The van der Waals surface area contributed by atoms with Gasteiger partial charge < -0.3 is 5.32 Å². The highest BCUT2D eigenvalue weighted by molar-refractivity contribution is 6.31. The number of rotatable bonds is 3. The summed E-state index contributed by atoms with van der Waals surface area (Å²) in [5.74, 6) is -0.144. The van der Waals surface area contributed by atoms with Crippen molar-refractivity contribution in [3.63, 3.8) is 0 Å². The van der Waals surface area contributed by atoms with Gasteiger partial charge in [0.25, 0.3) is 5.91 Å². The molecule has 0 radical (unpaired) electrons. The zero-order chi connectivity index (χ0) is 19.8. The highest BCUT2D eigenvalue weighted by Gasteiger charge is 2.11. The zero-order valence-electron chi connectivity index (χ0n) is 15.8. The molecule has 28 heavy (non-hydrogen) atoms. The van der Waals surface area contributed by atoms with Crippen LogP contribution in [0.15, 0.2) is 54.6 Å². The molecule has 0 saturated heterocycles. The molecule has 5 nitrogen and oxygen atoms in total. The number of aromatic nitrogens is 3. The molecule has 1 aromatic heterocycles. The largest absolute Gasteiger partial charge is 0.322 e. The van der Waals surface area contributed by atoms with Crippen LogP contribution in [-0.4, -0.2) is 20.9 Å². The number of hydrogen-bond acceptors (Lipinski definition) is 3. The Hall–Kier alpha value is -3.18. The fourth-order valence-corrected chi connectivity index (χ4v) is 3.26. The molecular formula is C22H19ClN4O. The monoisotopic (exact) mass is 390 g/mol. The van der Waals surface area contributed by atoms with Crippen LogP contribution in [0.25, 0.3) is 16.7 Å². The first-order chi connectivity index (χ1) is 13.4. The Balaban J connectivity index is 1.62. The number of carbonyl (C=O) groups excluding carboxylic acids is 1. The number of nitrogens with zero attached hydrogens (tertiary/aromatic N) is 3. The van der Waals surface area contributed by atoms with Crippen LogP contribution in [0.2, 0.25) is 5.02 Å². The molecule has 140 valence electrons. The van der Waals surface area contributed by atoms with Crippen LogP contribution < -0.4 is 5.32 Å². The molecule has 4 aromatic rings. The number of fused-ring (bicyclic) bond motifs is 1. The van der Waals surface area contributed by atoms with E-state index in [1.165, 1.54) is 0 Å². The molecule has 0 saturated carbocycles. The molecule has 0 aliphatic rings.